The van der Waals surface area contributed by atoms with Crippen LogP contribution >= 0.6 is 0 Å². The molecule has 2 heteroatoms. The molecule has 0 aliphatic heterocycles. The standard InChI is InChI=1S/C16H22N2/c1-3-13-6-8-15(9-7-13)18-16-10-14(11-17)5-4-12(16)2/h4-5,10,13,15,18H,3,6-9H2,1-2H3. The Labute approximate surface area is 110 Å². The van der Waals surface area contributed by atoms with Gasteiger partial charge in [0.1, 0.15) is 0 Å². The van der Waals surface area contributed by atoms with Gasteiger partial charge in [-0.15, -0.1) is 0 Å². The van der Waals surface area contributed by atoms with Crippen molar-refractivity contribution in [3.63, 3.8) is 0 Å². The molecule has 1 aliphatic rings. The topological polar surface area (TPSA) is 35.8 Å². The van der Waals surface area contributed by atoms with E-state index in [2.05, 4.69) is 25.2 Å². The molecule has 0 bridgehead atoms. The normalized spacial score (nSPS) is 23.4. The summed E-state index contributed by atoms with van der Waals surface area (Å²) >= 11 is 0. The van der Waals surface area contributed by atoms with Gasteiger partial charge in [-0.05, 0) is 56.2 Å². The first kappa shape index (κ1) is 13.0. The Morgan fingerprint density at radius 3 is 2.61 bits per heavy atom. The van der Waals surface area contributed by atoms with Gasteiger partial charge in [-0.2, -0.15) is 5.26 Å². The molecule has 1 saturated carbocycles. The van der Waals surface area contributed by atoms with Gasteiger partial charge in [0.25, 0.3) is 0 Å². The zero-order chi connectivity index (χ0) is 13.0. The maximum Gasteiger partial charge on any atom is 0.0992 e. The molecule has 2 nitrogen and oxygen atoms in total. The van der Waals surface area contributed by atoms with Crippen LogP contribution in [-0.2, 0) is 0 Å². The van der Waals surface area contributed by atoms with Gasteiger partial charge < -0.3 is 5.32 Å². The Morgan fingerprint density at radius 1 is 1.28 bits per heavy atom. The number of anilines is 1. The minimum Gasteiger partial charge on any atom is -0.382 e. The summed E-state index contributed by atoms with van der Waals surface area (Å²) in [5.74, 6) is 0.926. The zero-order valence-electron chi connectivity index (χ0n) is 11.4. The van der Waals surface area contributed by atoms with Gasteiger partial charge in [0.2, 0.25) is 0 Å². The van der Waals surface area contributed by atoms with Crippen molar-refractivity contribution in [1.29, 1.82) is 5.26 Å². The van der Waals surface area contributed by atoms with Crippen molar-refractivity contribution >= 4 is 5.69 Å². The van der Waals surface area contributed by atoms with Crippen LogP contribution in [0.4, 0.5) is 5.69 Å². The summed E-state index contributed by atoms with van der Waals surface area (Å²) in [6, 6.07) is 8.67. The molecule has 0 saturated heterocycles. The highest BCUT2D eigenvalue weighted by atomic mass is 14.9. The summed E-state index contributed by atoms with van der Waals surface area (Å²) in [4.78, 5) is 0. The van der Waals surface area contributed by atoms with E-state index in [1.807, 2.05) is 18.2 Å². The van der Waals surface area contributed by atoms with Crippen molar-refractivity contribution in [2.24, 2.45) is 5.92 Å². The van der Waals surface area contributed by atoms with Crippen LogP contribution in [0.25, 0.3) is 0 Å². The highest BCUT2D eigenvalue weighted by Gasteiger charge is 2.20. The Hall–Kier alpha value is -1.49. The minimum absolute atomic E-state index is 0.584. The molecule has 96 valence electrons. The molecule has 0 radical (unpaired) electrons. The van der Waals surface area contributed by atoms with Gasteiger partial charge >= 0.3 is 0 Å². The number of benzene rings is 1. The highest BCUT2D eigenvalue weighted by molar-refractivity contribution is 5.55. The van der Waals surface area contributed by atoms with Crippen molar-refractivity contribution in [2.75, 3.05) is 5.32 Å². The molecule has 1 aromatic rings. The molecule has 0 unspecified atom stereocenters. The molecule has 1 aliphatic carbocycles. The molecule has 1 aromatic carbocycles. The molecule has 0 amide bonds. The first-order chi connectivity index (χ1) is 8.72. The van der Waals surface area contributed by atoms with Crippen LogP contribution in [0.3, 0.4) is 0 Å². The van der Waals surface area contributed by atoms with E-state index in [1.54, 1.807) is 0 Å². The summed E-state index contributed by atoms with van der Waals surface area (Å²) in [6.07, 6.45) is 6.51. The smallest absolute Gasteiger partial charge is 0.0992 e. The summed E-state index contributed by atoms with van der Waals surface area (Å²) < 4.78 is 0. The average molecular weight is 242 g/mol. The van der Waals surface area contributed by atoms with Crippen LogP contribution in [0.5, 0.6) is 0 Å². The molecule has 0 aromatic heterocycles. The monoisotopic (exact) mass is 242 g/mol. The van der Waals surface area contributed by atoms with Crippen molar-refractivity contribution < 1.29 is 0 Å². The zero-order valence-corrected chi connectivity index (χ0v) is 11.4. The lowest BCUT2D eigenvalue weighted by Gasteiger charge is -2.29. The van der Waals surface area contributed by atoms with E-state index in [1.165, 1.54) is 37.7 Å². The number of aryl methyl sites for hydroxylation is 1. The Balaban J connectivity index is 2.00. The van der Waals surface area contributed by atoms with E-state index in [-0.39, 0.29) is 0 Å². The van der Waals surface area contributed by atoms with Crippen molar-refractivity contribution in [3.8, 4) is 6.07 Å². The SMILES string of the molecule is CCC1CCC(Nc2cc(C#N)ccc2C)CC1. The Bertz CT molecular complexity index is 437. The van der Waals surface area contributed by atoms with Gasteiger partial charge in [-0.3, -0.25) is 0 Å². The highest BCUT2D eigenvalue weighted by Crippen LogP contribution is 2.29. The summed E-state index contributed by atoms with van der Waals surface area (Å²) in [5.41, 5.74) is 3.10. The molecule has 1 fully saturated rings. The van der Waals surface area contributed by atoms with Gasteiger partial charge in [-0.1, -0.05) is 19.4 Å². The molecular formula is C16H22N2. The van der Waals surface area contributed by atoms with Gasteiger partial charge in [0.15, 0.2) is 0 Å². The molecule has 0 spiro atoms. The Kier molecular flexibility index (Phi) is 4.25. The number of hydrogen-bond donors (Lipinski definition) is 1. The number of nitrogens with one attached hydrogen (secondary N) is 1. The van der Waals surface area contributed by atoms with Crippen molar-refractivity contribution in [1.82, 2.24) is 0 Å². The van der Waals surface area contributed by atoms with Crippen molar-refractivity contribution in [2.45, 2.75) is 52.0 Å². The summed E-state index contributed by atoms with van der Waals surface area (Å²) in [6.45, 7) is 4.39. The molecule has 0 atom stereocenters. The van der Waals surface area contributed by atoms with Crippen molar-refractivity contribution in [3.05, 3.63) is 29.3 Å². The third kappa shape index (κ3) is 3.04. The number of nitrogens with zero attached hydrogens (tertiary/aromatic N) is 1. The van der Waals surface area contributed by atoms with Crippen LogP contribution in [0, 0.1) is 24.2 Å². The summed E-state index contributed by atoms with van der Waals surface area (Å²) in [5, 5.41) is 12.6. The van der Waals surface area contributed by atoms with E-state index < -0.39 is 0 Å². The van der Waals surface area contributed by atoms with E-state index in [0.29, 0.717) is 6.04 Å². The minimum atomic E-state index is 0.584. The Morgan fingerprint density at radius 2 is 2.00 bits per heavy atom. The van der Waals surface area contributed by atoms with Gasteiger partial charge in [0, 0.05) is 11.7 Å². The lowest BCUT2D eigenvalue weighted by molar-refractivity contribution is 0.330. The maximum absolute atomic E-state index is 8.95. The maximum atomic E-state index is 8.95. The van der Waals surface area contributed by atoms with E-state index in [9.17, 15) is 0 Å². The predicted octanol–water partition coefficient (Wildman–Crippen LogP) is 4.25. The average Bonchev–Trinajstić information content (AvgIpc) is 2.42. The molecule has 2 rings (SSSR count). The molecule has 0 heterocycles. The predicted molar refractivity (Wildman–Crippen MR) is 75.6 cm³/mol. The third-order valence-electron chi connectivity index (χ3n) is 4.15. The first-order valence-corrected chi connectivity index (χ1v) is 7.00. The third-order valence-corrected chi connectivity index (χ3v) is 4.15. The van der Waals surface area contributed by atoms with E-state index in [4.69, 9.17) is 5.26 Å². The first-order valence-electron chi connectivity index (χ1n) is 7.00. The number of rotatable bonds is 3. The van der Waals surface area contributed by atoms with Crippen LogP contribution in [0.1, 0.15) is 50.2 Å². The molecular weight excluding hydrogens is 220 g/mol. The van der Waals surface area contributed by atoms with Crippen LogP contribution < -0.4 is 5.32 Å². The van der Waals surface area contributed by atoms with E-state index >= 15 is 0 Å². The molecule has 18 heavy (non-hydrogen) atoms. The lowest BCUT2D eigenvalue weighted by atomic mass is 9.84. The fourth-order valence-corrected chi connectivity index (χ4v) is 2.78. The van der Waals surface area contributed by atoms with Crippen LogP contribution in [0.15, 0.2) is 18.2 Å². The van der Waals surface area contributed by atoms with Crippen LogP contribution in [0.2, 0.25) is 0 Å². The quantitative estimate of drug-likeness (QED) is 0.860. The molecule has 1 N–H and O–H groups in total. The van der Waals surface area contributed by atoms with Crippen LogP contribution in [-0.4, -0.2) is 6.04 Å². The second kappa shape index (κ2) is 5.91. The van der Waals surface area contributed by atoms with E-state index in [0.717, 1.165) is 17.2 Å². The van der Waals surface area contributed by atoms with Gasteiger partial charge in [-0.25, -0.2) is 0 Å². The second-order valence-electron chi connectivity index (χ2n) is 5.41. The van der Waals surface area contributed by atoms with Gasteiger partial charge in [0.05, 0.1) is 11.6 Å². The fraction of sp³-hybridized carbons (Fsp3) is 0.562. The summed E-state index contributed by atoms with van der Waals surface area (Å²) in [7, 11) is 0. The fourth-order valence-electron chi connectivity index (χ4n) is 2.78. The second-order valence-corrected chi connectivity index (χ2v) is 5.41. The largest absolute Gasteiger partial charge is 0.382 e. The number of hydrogen-bond acceptors (Lipinski definition) is 2. The lowest BCUT2D eigenvalue weighted by Crippen LogP contribution is -2.26. The number of nitriles is 1.